The lowest BCUT2D eigenvalue weighted by Crippen LogP contribution is -2.29. The van der Waals surface area contributed by atoms with Crippen molar-refractivity contribution in [2.45, 2.75) is 79.1 Å². The molecule has 1 fully saturated rings. The van der Waals surface area contributed by atoms with Gasteiger partial charge in [0.2, 0.25) is 5.95 Å². The number of nitrogens with one attached hydrogen (secondary N) is 1. The van der Waals surface area contributed by atoms with Gasteiger partial charge < -0.3 is 14.6 Å². The van der Waals surface area contributed by atoms with E-state index < -0.39 is 6.36 Å². The van der Waals surface area contributed by atoms with Crippen molar-refractivity contribution in [3.8, 4) is 5.75 Å². The maximum absolute atomic E-state index is 12.5. The molecule has 0 spiro atoms. The number of rotatable bonds is 6. The van der Waals surface area contributed by atoms with E-state index in [0.717, 1.165) is 42.7 Å². The van der Waals surface area contributed by atoms with E-state index in [0.29, 0.717) is 11.6 Å². The minimum Gasteiger partial charge on any atom is -0.406 e. The Hall–Kier alpha value is -2.70. The minimum atomic E-state index is -4.71. The van der Waals surface area contributed by atoms with E-state index in [2.05, 4.69) is 61.4 Å². The van der Waals surface area contributed by atoms with Crippen LogP contribution >= 0.6 is 0 Å². The average Bonchev–Trinajstić information content (AvgIpc) is 3.09. The molecule has 0 aliphatic heterocycles. The predicted molar refractivity (Wildman–Crippen MR) is 131 cm³/mol. The van der Waals surface area contributed by atoms with Crippen molar-refractivity contribution in [2.75, 3.05) is 5.32 Å². The van der Waals surface area contributed by atoms with Crippen LogP contribution in [0.5, 0.6) is 5.75 Å². The van der Waals surface area contributed by atoms with Gasteiger partial charge in [0.15, 0.2) is 0 Å². The van der Waals surface area contributed by atoms with Crippen LogP contribution in [0.2, 0.25) is 0 Å². The summed E-state index contributed by atoms with van der Waals surface area (Å²) in [7, 11) is 0. The number of fused-ring (bicyclic) bond motifs is 1. The Bertz CT molecular complexity index is 1150. The van der Waals surface area contributed by atoms with Gasteiger partial charge in [-0.2, -0.15) is 0 Å². The van der Waals surface area contributed by atoms with Gasteiger partial charge >= 0.3 is 6.36 Å². The van der Waals surface area contributed by atoms with Crippen LogP contribution in [0.3, 0.4) is 0 Å². The highest BCUT2D eigenvalue weighted by Crippen LogP contribution is 2.46. The van der Waals surface area contributed by atoms with Crippen LogP contribution < -0.4 is 10.1 Å². The Balaban J connectivity index is 1.78. The summed E-state index contributed by atoms with van der Waals surface area (Å²) in [4.78, 5) is 5.06. The molecule has 0 unspecified atom stereocenters. The largest absolute Gasteiger partial charge is 0.573 e. The van der Waals surface area contributed by atoms with Gasteiger partial charge in [0.1, 0.15) is 5.75 Å². The zero-order chi connectivity index (χ0) is 24.7. The number of hydrogen-bond acceptors (Lipinski definition) is 3. The van der Waals surface area contributed by atoms with Gasteiger partial charge in [-0.15, -0.1) is 13.2 Å². The van der Waals surface area contributed by atoms with E-state index >= 15 is 0 Å². The maximum atomic E-state index is 12.5. The van der Waals surface area contributed by atoms with Gasteiger partial charge in [0.05, 0.1) is 11.0 Å². The second-order valence-electron chi connectivity index (χ2n) is 10.3. The van der Waals surface area contributed by atoms with Gasteiger partial charge in [-0.05, 0) is 84.9 Å². The van der Waals surface area contributed by atoms with Crippen molar-refractivity contribution in [3.05, 3.63) is 47.5 Å². The van der Waals surface area contributed by atoms with Crippen molar-refractivity contribution in [3.63, 3.8) is 0 Å². The zero-order valence-corrected chi connectivity index (χ0v) is 20.6. The lowest BCUT2D eigenvalue weighted by molar-refractivity contribution is -0.274. The van der Waals surface area contributed by atoms with Crippen LogP contribution in [0, 0.1) is 11.3 Å². The first-order chi connectivity index (χ1) is 16.0. The molecule has 2 aromatic carbocycles. The summed E-state index contributed by atoms with van der Waals surface area (Å²) in [5.41, 5.74) is 5.59. The van der Waals surface area contributed by atoms with Gasteiger partial charge in [-0.1, -0.05) is 40.7 Å². The third kappa shape index (κ3) is 5.18. The molecular formula is C27H34F3N3O. The molecule has 0 amide bonds. The van der Waals surface area contributed by atoms with Gasteiger partial charge in [0.25, 0.3) is 0 Å². The molecule has 3 aromatic rings. The van der Waals surface area contributed by atoms with Crippen molar-refractivity contribution >= 4 is 22.7 Å². The quantitative estimate of drug-likeness (QED) is 0.392. The van der Waals surface area contributed by atoms with Crippen molar-refractivity contribution < 1.29 is 17.9 Å². The summed E-state index contributed by atoms with van der Waals surface area (Å²) in [6, 6.07) is 10.5. The Labute approximate surface area is 199 Å². The number of nitrogens with zero attached hydrogens (tertiary/aromatic N) is 2. The Kier molecular flexibility index (Phi) is 6.58. The average molecular weight is 474 g/mol. The summed E-state index contributed by atoms with van der Waals surface area (Å²) in [6.07, 6.45) is 0.447. The van der Waals surface area contributed by atoms with Gasteiger partial charge in [-0.25, -0.2) is 4.98 Å². The Morgan fingerprint density at radius 1 is 1.06 bits per heavy atom. The van der Waals surface area contributed by atoms with Crippen LogP contribution in [-0.4, -0.2) is 15.9 Å². The zero-order valence-electron chi connectivity index (χ0n) is 20.6. The fourth-order valence-electron chi connectivity index (χ4n) is 5.80. The standard InChI is InChI=1S/C27H34F3N3O/c1-6-18-8-13-23-24(22(18)7-2)32-25(33(23)20-14-17(3)15-26(4,5)16-20)31-19-9-11-21(12-10-19)34-27(28,29)30/h8-13,17,20H,6-7,14-16H2,1-5H3,(H,31,32)/t17-,20+/m1/s1. The minimum absolute atomic E-state index is 0.226. The summed E-state index contributed by atoms with van der Waals surface area (Å²) in [6.45, 7) is 11.3. The molecule has 1 aromatic heterocycles. The molecule has 1 N–H and O–H groups in total. The first kappa shape index (κ1) is 24.4. The Morgan fingerprint density at radius 3 is 2.35 bits per heavy atom. The molecule has 2 atom stereocenters. The summed E-state index contributed by atoms with van der Waals surface area (Å²) < 4.78 is 44.0. The van der Waals surface area contributed by atoms with Gasteiger partial charge in [-0.3, -0.25) is 0 Å². The third-order valence-corrected chi connectivity index (χ3v) is 6.87. The number of halogens is 3. The topological polar surface area (TPSA) is 39.1 Å². The van der Waals surface area contributed by atoms with Crippen LogP contribution in [0.1, 0.15) is 71.0 Å². The van der Waals surface area contributed by atoms with Gasteiger partial charge in [0, 0.05) is 11.7 Å². The molecule has 4 nitrogen and oxygen atoms in total. The summed E-state index contributed by atoms with van der Waals surface area (Å²) >= 11 is 0. The molecule has 184 valence electrons. The van der Waals surface area contributed by atoms with Crippen LogP contribution in [0.25, 0.3) is 11.0 Å². The highest BCUT2D eigenvalue weighted by Gasteiger charge is 2.35. The smallest absolute Gasteiger partial charge is 0.406 e. The molecule has 1 aliphatic rings. The molecule has 0 bridgehead atoms. The van der Waals surface area contributed by atoms with Crippen LogP contribution in [-0.2, 0) is 12.8 Å². The molecular weight excluding hydrogens is 439 g/mol. The summed E-state index contributed by atoms with van der Waals surface area (Å²) in [5.74, 6) is 1.09. The lowest BCUT2D eigenvalue weighted by Gasteiger charge is -2.40. The monoisotopic (exact) mass is 473 g/mol. The molecule has 7 heteroatoms. The van der Waals surface area contributed by atoms with E-state index in [-0.39, 0.29) is 17.2 Å². The number of anilines is 2. The van der Waals surface area contributed by atoms with E-state index in [1.54, 1.807) is 12.1 Å². The number of imidazole rings is 1. The van der Waals surface area contributed by atoms with E-state index in [1.807, 2.05) is 0 Å². The van der Waals surface area contributed by atoms with Crippen LogP contribution in [0.4, 0.5) is 24.8 Å². The predicted octanol–water partition coefficient (Wildman–Crippen LogP) is 8.19. The van der Waals surface area contributed by atoms with E-state index in [9.17, 15) is 13.2 Å². The summed E-state index contributed by atoms with van der Waals surface area (Å²) in [5, 5.41) is 3.40. The molecule has 34 heavy (non-hydrogen) atoms. The SMILES string of the molecule is CCc1ccc2c(nc(Nc3ccc(OC(F)(F)F)cc3)n2[C@H]2C[C@@H](C)CC(C)(C)C2)c1CC. The number of benzene rings is 2. The van der Waals surface area contributed by atoms with E-state index in [1.165, 1.54) is 29.7 Å². The maximum Gasteiger partial charge on any atom is 0.573 e. The molecule has 4 rings (SSSR count). The van der Waals surface area contributed by atoms with Crippen LogP contribution in [0.15, 0.2) is 36.4 Å². The normalized spacial score (nSPS) is 20.5. The fraction of sp³-hybridized carbons (Fsp3) is 0.519. The third-order valence-electron chi connectivity index (χ3n) is 6.87. The van der Waals surface area contributed by atoms with Crippen molar-refractivity contribution in [2.24, 2.45) is 11.3 Å². The molecule has 1 heterocycles. The molecule has 0 saturated heterocycles. The lowest BCUT2D eigenvalue weighted by atomic mass is 9.70. The highest BCUT2D eigenvalue weighted by molar-refractivity contribution is 5.84. The first-order valence-corrected chi connectivity index (χ1v) is 12.1. The number of hydrogen-bond donors (Lipinski definition) is 1. The van der Waals surface area contributed by atoms with Crippen molar-refractivity contribution in [1.82, 2.24) is 9.55 Å². The number of aryl methyl sites for hydroxylation is 2. The number of alkyl halides is 3. The Morgan fingerprint density at radius 2 is 1.76 bits per heavy atom. The fourth-order valence-corrected chi connectivity index (χ4v) is 5.80. The molecule has 1 saturated carbocycles. The first-order valence-electron chi connectivity index (χ1n) is 12.1. The highest BCUT2D eigenvalue weighted by atomic mass is 19.4. The molecule has 0 radical (unpaired) electrons. The van der Waals surface area contributed by atoms with Crippen molar-refractivity contribution in [1.29, 1.82) is 0 Å². The molecule has 1 aliphatic carbocycles. The number of ether oxygens (including phenoxy) is 1. The van der Waals surface area contributed by atoms with E-state index in [4.69, 9.17) is 4.98 Å². The number of aromatic nitrogens is 2. The second-order valence-corrected chi connectivity index (χ2v) is 10.3. The second kappa shape index (κ2) is 9.16.